The molecule has 10 rings (SSSR count). The Kier molecular flexibility index (Phi) is 5.60. The summed E-state index contributed by atoms with van der Waals surface area (Å²) in [7, 11) is -2.09. The van der Waals surface area contributed by atoms with E-state index in [4.69, 9.17) is 9.97 Å². The zero-order valence-corrected chi connectivity index (χ0v) is 27.8. The Hall–Kier alpha value is -5.36. The number of hydrogen-bond donors (Lipinski definition) is 0. The molecule has 0 aliphatic carbocycles. The fraction of sp³-hybridized carbons (Fsp3) is 0.0476. The zero-order valence-electron chi connectivity index (χ0n) is 26.0. The number of thiophene rings is 1. The second kappa shape index (κ2) is 9.82. The lowest BCUT2D eigenvalue weighted by atomic mass is 10.1. The third kappa shape index (κ3) is 3.78. The number of fused-ring (bicyclic) bond motifs is 10. The van der Waals surface area contributed by atoms with Crippen LogP contribution in [0.1, 0.15) is 0 Å². The Labute approximate surface area is 277 Å². The molecule has 0 unspecified atom stereocenters. The molecule has 5 heteroatoms. The minimum absolute atomic E-state index is 0.773. The van der Waals surface area contributed by atoms with Gasteiger partial charge in [0.2, 0.25) is 0 Å². The van der Waals surface area contributed by atoms with Gasteiger partial charge < -0.3 is 4.57 Å². The molecule has 222 valence electrons. The fourth-order valence-electron chi connectivity index (χ4n) is 7.83. The topological polar surface area (TPSA) is 30.7 Å². The molecule has 47 heavy (non-hydrogen) atoms. The van der Waals surface area contributed by atoms with Gasteiger partial charge in [0, 0.05) is 43.1 Å². The van der Waals surface area contributed by atoms with Crippen LogP contribution in [0.5, 0.6) is 0 Å². The van der Waals surface area contributed by atoms with Crippen molar-refractivity contribution in [2.24, 2.45) is 0 Å². The number of hydrogen-bond acceptors (Lipinski definition) is 3. The van der Waals surface area contributed by atoms with Crippen LogP contribution in [-0.2, 0) is 0 Å². The average molecular weight is 636 g/mol. The van der Waals surface area contributed by atoms with Crippen molar-refractivity contribution in [3.63, 3.8) is 0 Å². The minimum Gasteiger partial charge on any atom is -0.308 e. The Balaban J connectivity index is 1.27. The smallest absolute Gasteiger partial charge is 0.160 e. The number of para-hydroxylation sites is 1. The van der Waals surface area contributed by atoms with Crippen molar-refractivity contribution >= 4 is 71.8 Å². The van der Waals surface area contributed by atoms with Gasteiger partial charge in [-0.1, -0.05) is 128 Å². The lowest BCUT2D eigenvalue weighted by molar-refractivity contribution is 1.18. The highest BCUT2D eigenvalue weighted by Crippen LogP contribution is 2.43. The molecule has 6 aromatic carbocycles. The Morgan fingerprint density at radius 1 is 0.574 bits per heavy atom. The molecular weight excluding hydrogens is 607 g/mol. The van der Waals surface area contributed by atoms with Gasteiger partial charge >= 0.3 is 0 Å². The summed E-state index contributed by atoms with van der Waals surface area (Å²) in [5.74, 6) is 0.773. The third-order valence-electron chi connectivity index (χ3n) is 9.98. The first-order valence-electron chi connectivity index (χ1n) is 16.1. The van der Waals surface area contributed by atoms with Crippen molar-refractivity contribution < 1.29 is 0 Å². The molecule has 3 nitrogen and oxygen atoms in total. The number of rotatable bonds is 3. The van der Waals surface area contributed by atoms with Crippen molar-refractivity contribution in [1.29, 1.82) is 0 Å². The Morgan fingerprint density at radius 3 is 2.17 bits per heavy atom. The quantitative estimate of drug-likeness (QED) is 0.181. The molecule has 0 spiro atoms. The molecule has 0 radical (unpaired) electrons. The maximum absolute atomic E-state index is 5.41. The van der Waals surface area contributed by atoms with Gasteiger partial charge in [-0.25, -0.2) is 9.97 Å². The summed E-state index contributed by atoms with van der Waals surface area (Å²) in [5.41, 5.74) is 9.18. The van der Waals surface area contributed by atoms with Gasteiger partial charge in [0.15, 0.2) is 5.82 Å². The molecule has 4 heterocycles. The van der Waals surface area contributed by atoms with E-state index in [1.165, 1.54) is 57.9 Å². The van der Waals surface area contributed by atoms with Crippen LogP contribution >= 0.6 is 11.3 Å². The van der Waals surface area contributed by atoms with Gasteiger partial charge in [-0.3, -0.25) is 0 Å². The van der Waals surface area contributed by atoms with Crippen LogP contribution in [0.2, 0.25) is 13.1 Å². The molecule has 0 N–H and O–H groups in total. The zero-order chi connectivity index (χ0) is 31.3. The SMILES string of the molecule is C[Si]1(C)c2ccccc2-c2nc(-c3ccccc3)nc(-c3cccc(-n4c5ccccc5c5ccc6c7ccccc7sc6c54)c3)c21. The fourth-order valence-corrected chi connectivity index (χ4v) is 12.3. The highest BCUT2D eigenvalue weighted by Gasteiger charge is 2.41. The van der Waals surface area contributed by atoms with Crippen LogP contribution in [0, 0.1) is 0 Å². The Bertz CT molecular complexity index is 2720. The summed E-state index contributed by atoms with van der Waals surface area (Å²) in [6.45, 7) is 4.89. The van der Waals surface area contributed by atoms with Gasteiger partial charge in [0.05, 0.1) is 27.1 Å². The first kappa shape index (κ1) is 26.8. The van der Waals surface area contributed by atoms with E-state index < -0.39 is 8.07 Å². The van der Waals surface area contributed by atoms with Crippen molar-refractivity contribution in [3.8, 4) is 39.6 Å². The summed E-state index contributed by atoms with van der Waals surface area (Å²) in [6, 6.07) is 50.5. The van der Waals surface area contributed by atoms with Crippen LogP contribution in [0.4, 0.5) is 0 Å². The molecule has 0 atom stereocenters. The van der Waals surface area contributed by atoms with E-state index in [0.29, 0.717) is 0 Å². The predicted molar refractivity (Wildman–Crippen MR) is 202 cm³/mol. The second-order valence-electron chi connectivity index (χ2n) is 13.0. The molecular formula is C42H29N3SSi. The highest BCUT2D eigenvalue weighted by atomic mass is 32.1. The summed E-state index contributed by atoms with van der Waals surface area (Å²) in [4.78, 5) is 10.7. The van der Waals surface area contributed by atoms with Crippen LogP contribution in [0.15, 0.2) is 140 Å². The largest absolute Gasteiger partial charge is 0.308 e. The van der Waals surface area contributed by atoms with E-state index in [9.17, 15) is 0 Å². The van der Waals surface area contributed by atoms with Crippen molar-refractivity contribution in [1.82, 2.24) is 14.5 Å². The molecule has 0 bridgehead atoms. The standard InChI is InChI=1S/C42H29N3SSi/c1-47(2)36-22-11-8-19-33(36)38-41(47)37(43-42(44-38)26-13-4-3-5-14-26)27-15-12-16-28(25-27)45-34-20-9-6-17-29(34)31-23-24-32-30-18-7-10-21-35(30)46-40(32)39(31)45/h3-25H,1-2H3. The number of aromatic nitrogens is 3. The van der Waals surface area contributed by atoms with E-state index in [1.807, 2.05) is 17.4 Å². The van der Waals surface area contributed by atoms with Gasteiger partial charge in [-0.15, -0.1) is 11.3 Å². The summed E-state index contributed by atoms with van der Waals surface area (Å²) >= 11 is 1.89. The van der Waals surface area contributed by atoms with Crippen LogP contribution < -0.4 is 10.4 Å². The van der Waals surface area contributed by atoms with Crippen molar-refractivity contribution in [2.45, 2.75) is 13.1 Å². The summed E-state index contributed by atoms with van der Waals surface area (Å²) in [6.07, 6.45) is 0. The highest BCUT2D eigenvalue weighted by molar-refractivity contribution is 7.26. The van der Waals surface area contributed by atoms with E-state index in [1.54, 1.807) is 0 Å². The summed E-state index contributed by atoms with van der Waals surface area (Å²) < 4.78 is 5.11. The predicted octanol–water partition coefficient (Wildman–Crippen LogP) is 10.1. The monoisotopic (exact) mass is 635 g/mol. The van der Waals surface area contributed by atoms with E-state index in [-0.39, 0.29) is 0 Å². The molecule has 1 aliphatic rings. The van der Waals surface area contributed by atoms with Gasteiger partial charge in [0.25, 0.3) is 0 Å². The molecule has 0 fully saturated rings. The minimum atomic E-state index is -2.09. The molecule has 3 aromatic heterocycles. The lowest BCUT2D eigenvalue weighted by Gasteiger charge is -2.22. The maximum atomic E-state index is 5.41. The molecule has 1 aliphatic heterocycles. The maximum Gasteiger partial charge on any atom is 0.160 e. The van der Waals surface area contributed by atoms with E-state index in [0.717, 1.165) is 34.0 Å². The van der Waals surface area contributed by atoms with Crippen molar-refractivity contribution in [2.75, 3.05) is 0 Å². The first-order valence-corrected chi connectivity index (χ1v) is 19.9. The van der Waals surface area contributed by atoms with Gasteiger partial charge in [0.1, 0.15) is 8.07 Å². The molecule has 9 aromatic rings. The van der Waals surface area contributed by atoms with E-state index >= 15 is 0 Å². The average Bonchev–Trinajstić information content (AvgIpc) is 3.74. The van der Waals surface area contributed by atoms with Gasteiger partial charge in [-0.2, -0.15) is 0 Å². The van der Waals surface area contributed by atoms with E-state index in [2.05, 4.69) is 151 Å². The molecule has 0 amide bonds. The van der Waals surface area contributed by atoms with Crippen LogP contribution in [0.3, 0.4) is 0 Å². The lowest BCUT2D eigenvalue weighted by Crippen LogP contribution is -2.50. The molecule has 0 saturated heterocycles. The van der Waals surface area contributed by atoms with Crippen LogP contribution in [0.25, 0.3) is 81.6 Å². The normalized spacial score (nSPS) is 13.5. The number of nitrogens with zero attached hydrogens (tertiary/aromatic N) is 3. The van der Waals surface area contributed by atoms with Crippen molar-refractivity contribution in [3.05, 3.63) is 140 Å². The third-order valence-corrected chi connectivity index (χ3v) is 14.7. The Morgan fingerprint density at radius 2 is 1.28 bits per heavy atom. The van der Waals surface area contributed by atoms with Crippen LogP contribution in [-0.4, -0.2) is 22.6 Å². The molecule has 0 saturated carbocycles. The van der Waals surface area contributed by atoms with Gasteiger partial charge in [-0.05, 0) is 40.2 Å². The number of benzene rings is 6. The summed E-state index contributed by atoms with van der Waals surface area (Å²) in [5, 5.41) is 7.93. The first-order chi connectivity index (χ1) is 23.1. The second-order valence-corrected chi connectivity index (χ2v) is 18.3.